The Morgan fingerprint density at radius 1 is 1.18 bits per heavy atom. The van der Waals surface area contributed by atoms with Crippen molar-refractivity contribution in [3.05, 3.63) is 0 Å². The molecule has 4 nitrogen and oxygen atoms in total. The fraction of sp³-hybridized carbons (Fsp3) is 0.846. The van der Waals surface area contributed by atoms with Gasteiger partial charge in [0.05, 0.1) is 12.5 Å². The van der Waals surface area contributed by atoms with Gasteiger partial charge in [-0.05, 0) is 45.4 Å². The van der Waals surface area contributed by atoms with Crippen LogP contribution in [0.4, 0.5) is 0 Å². The summed E-state index contributed by atoms with van der Waals surface area (Å²) in [5.74, 6) is 0.688. The molecule has 0 aromatic rings. The minimum Gasteiger partial charge on any atom is -0.300 e. The first-order valence-electron chi connectivity index (χ1n) is 6.62. The number of imide groups is 1. The number of nitrogens with one attached hydrogen (secondary N) is 1. The number of likely N-dealkylation sites (tertiary alicyclic amines) is 1. The molecule has 94 valence electrons. The van der Waals surface area contributed by atoms with E-state index < -0.39 is 0 Å². The van der Waals surface area contributed by atoms with Crippen molar-refractivity contribution >= 4 is 11.8 Å². The number of amides is 2. The van der Waals surface area contributed by atoms with Gasteiger partial charge in [0, 0.05) is 11.6 Å². The Labute approximate surface area is 102 Å². The van der Waals surface area contributed by atoms with Crippen molar-refractivity contribution in [3.63, 3.8) is 0 Å². The van der Waals surface area contributed by atoms with Crippen LogP contribution < -0.4 is 5.32 Å². The molecule has 1 N–H and O–H groups in total. The average Bonchev–Trinajstić information content (AvgIpc) is 3.11. The Morgan fingerprint density at radius 3 is 2.35 bits per heavy atom. The smallest absolute Gasteiger partial charge is 0.247 e. The van der Waals surface area contributed by atoms with Crippen LogP contribution in [-0.2, 0) is 9.59 Å². The summed E-state index contributed by atoms with van der Waals surface area (Å²) in [5.41, 5.74) is -0.0137. The van der Waals surface area contributed by atoms with Gasteiger partial charge in [0.25, 0.3) is 0 Å². The van der Waals surface area contributed by atoms with Gasteiger partial charge in [0.2, 0.25) is 11.8 Å². The number of rotatable bonds is 4. The highest BCUT2D eigenvalue weighted by Crippen LogP contribution is 2.40. The molecule has 3 rings (SSSR count). The predicted molar refractivity (Wildman–Crippen MR) is 63.2 cm³/mol. The van der Waals surface area contributed by atoms with Gasteiger partial charge in [-0.2, -0.15) is 0 Å². The van der Waals surface area contributed by atoms with Gasteiger partial charge >= 0.3 is 0 Å². The summed E-state index contributed by atoms with van der Waals surface area (Å²) in [5, 5.41) is 3.40. The minimum atomic E-state index is -0.279. The summed E-state index contributed by atoms with van der Waals surface area (Å²) in [7, 11) is 0. The maximum Gasteiger partial charge on any atom is 0.247 e. The minimum absolute atomic E-state index is 0.00576. The topological polar surface area (TPSA) is 49.4 Å². The number of hydrogen-bond acceptors (Lipinski definition) is 3. The third-order valence-corrected chi connectivity index (χ3v) is 4.24. The molecule has 0 aromatic heterocycles. The molecule has 1 aliphatic heterocycles. The van der Waals surface area contributed by atoms with E-state index in [1.54, 1.807) is 0 Å². The van der Waals surface area contributed by atoms with Gasteiger partial charge in [0.1, 0.15) is 0 Å². The highest BCUT2D eigenvalue weighted by molar-refractivity contribution is 6.06. The van der Waals surface area contributed by atoms with Crippen LogP contribution in [0.2, 0.25) is 0 Å². The van der Waals surface area contributed by atoms with Crippen LogP contribution in [0.25, 0.3) is 0 Å². The van der Waals surface area contributed by atoms with Crippen LogP contribution in [0.3, 0.4) is 0 Å². The Balaban J connectivity index is 1.68. The second-order valence-electron chi connectivity index (χ2n) is 6.23. The monoisotopic (exact) mass is 236 g/mol. The summed E-state index contributed by atoms with van der Waals surface area (Å²) in [6.45, 7) is 4.28. The third-order valence-electron chi connectivity index (χ3n) is 4.24. The lowest BCUT2D eigenvalue weighted by Crippen LogP contribution is -2.51. The lowest BCUT2D eigenvalue weighted by atomic mass is 9.97. The molecule has 1 heterocycles. The van der Waals surface area contributed by atoms with E-state index in [1.165, 1.54) is 17.7 Å². The summed E-state index contributed by atoms with van der Waals surface area (Å²) >= 11 is 0. The van der Waals surface area contributed by atoms with Gasteiger partial charge in [-0.1, -0.05) is 0 Å². The van der Waals surface area contributed by atoms with E-state index in [1.807, 2.05) is 0 Å². The van der Waals surface area contributed by atoms with Crippen LogP contribution in [0.15, 0.2) is 0 Å². The Morgan fingerprint density at radius 2 is 1.82 bits per heavy atom. The SMILES string of the molecule is CC(C)(NC1CC(=O)N(C2CC2)C1=O)C1CC1. The summed E-state index contributed by atoms with van der Waals surface area (Å²) in [6.07, 6.45) is 4.82. The van der Waals surface area contributed by atoms with Gasteiger partial charge in [-0.25, -0.2) is 0 Å². The molecule has 1 unspecified atom stereocenters. The largest absolute Gasteiger partial charge is 0.300 e. The Hall–Kier alpha value is -0.900. The number of carbonyl (C=O) groups excluding carboxylic acids is 2. The summed E-state index contributed by atoms with van der Waals surface area (Å²) < 4.78 is 0. The average molecular weight is 236 g/mol. The highest BCUT2D eigenvalue weighted by atomic mass is 16.2. The van der Waals surface area contributed by atoms with Crippen LogP contribution in [0, 0.1) is 5.92 Å². The molecule has 3 aliphatic rings. The van der Waals surface area contributed by atoms with Crippen molar-refractivity contribution in [2.24, 2.45) is 5.92 Å². The van der Waals surface area contributed by atoms with E-state index in [4.69, 9.17) is 0 Å². The van der Waals surface area contributed by atoms with Crippen LogP contribution >= 0.6 is 0 Å². The van der Waals surface area contributed by atoms with Crippen molar-refractivity contribution < 1.29 is 9.59 Å². The van der Waals surface area contributed by atoms with Crippen LogP contribution in [-0.4, -0.2) is 34.3 Å². The maximum atomic E-state index is 12.2. The van der Waals surface area contributed by atoms with E-state index in [0.29, 0.717) is 12.3 Å². The third kappa shape index (κ3) is 1.99. The molecule has 17 heavy (non-hydrogen) atoms. The zero-order valence-corrected chi connectivity index (χ0v) is 10.5. The Kier molecular flexibility index (Phi) is 2.34. The zero-order valence-electron chi connectivity index (χ0n) is 10.5. The maximum absolute atomic E-state index is 12.2. The lowest BCUT2D eigenvalue weighted by Gasteiger charge is -2.29. The second-order valence-corrected chi connectivity index (χ2v) is 6.23. The molecular formula is C13H20N2O2. The van der Waals surface area contributed by atoms with Gasteiger partial charge in [-0.3, -0.25) is 14.5 Å². The van der Waals surface area contributed by atoms with E-state index in [2.05, 4.69) is 19.2 Å². The van der Waals surface area contributed by atoms with Gasteiger partial charge < -0.3 is 5.32 Å². The van der Waals surface area contributed by atoms with E-state index in [-0.39, 0.29) is 29.4 Å². The van der Waals surface area contributed by atoms with Gasteiger partial charge in [0.15, 0.2) is 0 Å². The molecule has 2 aliphatic carbocycles. The number of nitrogens with zero attached hydrogens (tertiary/aromatic N) is 1. The van der Waals surface area contributed by atoms with Crippen molar-refractivity contribution in [2.45, 2.75) is 63.6 Å². The molecule has 0 radical (unpaired) electrons. The lowest BCUT2D eigenvalue weighted by molar-refractivity contribution is -0.139. The standard InChI is InChI=1S/C13H20N2O2/c1-13(2,8-3-4-8)14-10-7-11(16)15(12(10)17)9-5-6-9/h8-10,14H,3-7H2,1-2H3. The van der Waals surface area contributed by atoms with Crippen molar-refractivity contribution in [1.29, 1.82) is 0 Å². The first-order chi connectivity index (χ1) is 7.99. The summed E-state index contributed by atoms with van der Waals surface area (Å²) in [6, 6.07) is -0.0652. The van der Waals surface area contributed by atoms with Crippen LogP contribution in [0.5, 0.6) is 0 Å². The molecule has 2 amide bonds. The van der Waals surface area contributed by atoms with E-state index >= 15 is 0 Å². The second kappa shape index (κ2) is 3.55. The highest BCUT2D eigenvalue weighted by Gasteiger charge is 2.48. The number of carbonyl (C=O) groups is 2. The van der Waals surface area contributed by atoms with E-state index in [0.717, 1.165) is 12.8 Å². The zero-order chi connectivity index (χ0) is 12.2. The molecule has 0 aromatic carbocycles. The first kappa shape index (κ1) is 11.2. The first-order valence-corrected chi connectivity index (χ1v) is 6.62. The molecule has 0 spiro atoms. The molecule has 1 atom stereocenters. The van der Waals surface area contributed by atoms with Crippen molar-refractivity contribution in [3.8, 4) is 0 Å². The molecule has 0 bridgehead atoms. The predicted octanol–water partition coefficient (Wildman–Crippen LogP) is 1.05. The van der Waals surface area contributed by atoms with E-state index in [9.17, 15) is 9.59 Å². The van der Waals surface area contributed by atoms with Crippen molar-refractivity contribution in [1.82, 2.24) is 10.2 Å². The quantitative estimate of drug-likeness (QED) is 0.742. The number of hydrogen-bond donors (Lipinski definition) is 1. The fourth-order valence-electron chi connectivity index (χ4n) is 2.85. The normalized spacial score (nSPS) is 30.2. The van der Waals surface area contributed by atoms with Crippen LogP contribution in [0.1, 0.15) is 46.0 Å². The fourth-order valence-corrected chi connectivity index (χ4v) is 2.85. The molecular weight excluding hydrogens is 216 g/mol. The molecule has 2 saturated carbocycles. The molecule has 4 heteroatoms. The molecule has 3 fully saturated rings. The van der Waals surface area contributed by atoms with Crippen molar-refractivity contribution in [2.75, 3.05) is 0 Å². The molecule has 1 saturated heterocycles. The van der Waals surface area contributed by atoms with Gasteiger partial charge in [-0.15, -0.1) is 0 Å². The summed E-state index contributed by atoms with van der Waals surface area (Å²) in [4.78, 5) is 25.5. The Bertz CT molecular complexity index is 370.